The summed E-state index contributed by atoms with van der Waals surface area (Å²) in [6.45, 7) is 8.68. The first kappa shape index (κ1) is 40.3. The molecule has 2 fully saturated rings. The molecule has 15 heteroatoms. The first-order valence-electron chi connectivity index (χ1n) is 17.5. The van der Waals surface area contributed by atoms with E-state index in [9.17, 15) is 19.2 Å². The van der Waals surface area contributed by atoms with Crippen molar-refractivity contribution in [1.82, 2.24) is 40.4 Å². The van der Waals surface area contributed by atoms with Gasteiger partial charge in [0.1, 0.15) is 29.4 Å². The van der Waals surface area contributed by atoms with E-state index in [1.54, 1.807) is 22.2 Å². The molecule has 2 aromatic heterocycles. The number of hydrogen-bond donors (Lipinski definition) is 4. The molecule has 0 radical (unpaired) electrons. The van der Waals surface area contributed by atoms with Crippen molar-refractivity contribution in [2.45, 2.75) is 77.5 Å². The second kappa shape index (κ2) is 18.3. The Labute approximate surface area is 316 Å². The minimum atomic E-state index is -0.703. The molecule has 0 aliphatic carbocycles. The average molecular weight is 747 g/mol. The van der Waals surface area contributed by atoms with Gasteiger partial charge in [0.15, 0.2) is 0 Å². The lowest BCUT2D eigenvalue weighted by molar-refractivity contribution is -0.136. The number of imidazole rings is 2. The lowest BCUT2D eigenvalue weighted by Gasteiger charge is -2.30. The summed E-state index contributed by atoms with van der Waals surface area (Å²) in [5, 5.41) is 5.33. The third kappa shape index (κ3) is 9.70. The molecule has 14 nitrogen and oxygen atoms in total. The quantitative estimate of drug-likeness (QED) is 0.228. The summed E-state index contributed by atoms with van der Waals surface area (Å²) in [4.78, 5) is 69.8. The highest BCUT2D eigenvalue weighted by Crippen LogP contribution is 2.33. The van der Waals surface area contributed by atoms with E-state index in [1.165, 1.54) is 14.2 Å². The molecular formula is C38H47ClN8O6. The normalized spacial score (nSPS) is 17.5. The number of aromatic amines is 2. The van der Waals surface area contributed by atoms with Crippen LogP contribution in [0.4, 0.5) is 9.59 Å². The van der Waals surface area contributed by atoms with E-state index in [-0.39, 0.29) is 48.1 Å². The number of aromatic nitrogens is 4. The first-order valence-corrected chi connectivity index (χ1v) is 17.5. The molecule has 53 heavy (non-hydrogen) atoms. The van der Waals surface area contributed by atoms with Crippen LogP contribution in [0.1, 0.15) is 88.4 Å². The fourth-order valence-electron chi connectivity index (χ4n) is 6.54. The molecule has 2 saturated heterocycles. The van der Waals surface area contributed by atoms with Gasteiger partial charge in [0.2, 0.25) is 11.8 Å². The Morgan fingerprint density at radius 2 is 1.25 bits per heavy atom. The number of amides is 4. The van der Waals surface area contributed by atoms with Crippen LogP contribution in [-0.4, -0.2) is 93.1 Å². The van der Waals surface area contributed by atoms with Crippen molar-refractivity contribution in [3.8, 4) is 34.9 Å². The van der Waals surface area contributed by atoms with Gasteiger partial charge in [0, 0.05) is 18.7 Å². The first-order chi connectivity index (χ1) is 25.0. The zero-order chi connectivity index (χ0) is 37.4. The van der Waals surface area contributed by atoms with E-state index in [1.807, 2.05) is 52.0 Å². The van der Waals surface area contributed by atoms with Crippen LogP contribution in [0.15, 0.2) is 36.7 Å². The number of methoxy groups -OCH3 is 2. The SMILES string of the molecule is COC(=O)N[C@H](C(=O)N1CCC[C@@H]1c1ncc(-c2ccc(C#CC#Cc3cnc([C@H]4CCCN4C(=O)[C@H](NC(=O)OC)C(C)C)[nH]3)cc2)[nH]1)C(C)C.Cl. The summed E-state index contributed by atoms with van der Waals surface area (Å²) < 4.78 is 9.44. The highest BCUT2D eigenvalue weighted by atomic mass is 35.5. The van der Waals surface area contributed by atoms with Gasteiger partial charge in [-0.2, -0.15) is 0 Å². The fourth-order valence-corrected chi connectivity index (χ4v) is 6.54. The third-order valence-corrected chi connectivity index (χ3v) is 9.34. The Bertz CT molecular complexity index is 1880. The van der Waals surface area contributed by atoms with Crippen molar-refractivity contribution >= 4 is 36.4 Å². The van der Waals surface area contributed by atoms with E-state index in [0.29, 0.717) is 30.4 Å². The summed E-state index contributed by atoms with van der Waals surface area (Å²) in [6, 6.07) is 5.84. The number of hydrogen-bond acceptors (Lipinski definition) is 8. The summed E-state index contributed by atoms with van der Waals surface area (Å²) >= 11 is 0. The smallest absolute Gasteiger partial charge is 0.407 e. The zero-order valence-electron chi connectivity index (χ0n) is 30.8. The van der Waals surface area contributed by atoms with Crippen molar-refractivity contribution in [1.29, 1.82) is 0 Å². The summed E-state index contributed by atoms with van der Waals surface area (Å²) in [5.41, 5.74) is 3.11. The minimum Gasteiger partial charge on any atom is -0.453 e. The van der Waals surface area contributed by atoms with Crippen LogP contribution in [0.2, 0.25) is 0 Å². The number of likely N-dealkylation sites (tertiary alicyclic amines) is 2. The van der Waals surface area contributed by atoms with E-state index < -0.39 is 24.3 Å². The number of carbonyl (C=O) groups excluding carboxylic acids is 4. The predicted octanol–water partition coefficient (Wildman–Crippen LogP) is 4.71. The summed E-state index contributed by atoms with van der Waals surface area (Å²) in [7, 11) is 2.55. The third-order valence-electron chi connectivity index (χ3n) is 9.34. The molecule has 5 rings (SSSR count). The Kier molecular flexibility index (Phi) is 13.9. The number of H-pyrrole nitrogens is 2. The Morgan fingerprint density at radius 3 is 1.75 bits per heavy atom. The Balaban J connectivity index is 0.00000627. The molecule has 4 amide bonds. The lowest BCUT2D eigenvalue weighted by atomic mass is 10.0. The Morgan fingerprint density at radius 1 is 0.755 bits per heavy atom. The standard InChI is InChI=1S/C38H46N8O6.ClH/c1-23(2)31(43-37(49)51-5)35(47)45-19-9-13-29(45)33-39-21-27(41-33)12-8-7-11-25-15-17-26(18-16-25)28-22-40-34(42-28)30-14-10-20-46(30)36(48)32(24(3)4)44-38(50)52-6;/h15-18,21-24,29-32H,9-10,13-14,19-20H2,1-6H3,(H,39,41)(H,40,42)(H,43,49)(H,44,50);1H/t29-,30-,31-,32+;/m1./s1. The number of nitrogens with one attached hydrogen (secondary N) is 4. The Hall–Kier alpha value is -5.47. The van der Waals surface area contributed by atoms with E-state index >= 15 is 0 Å². The molecule has 3 aromatic rings. The van der Waals surface area contributed by atoms with Gasteiger partial charge < -0.3 is 39.9 Å². The largest absolute Gasteiger partial charge is 0.453 e. The maximum Gasteiger partial charge on any atom is 0.407 e. The van der Waals surface area contributed by atoms with Crippen LogP contribution < -0.4 is 10.6 Å². The van der Waals surface area contributed by atoms with Crippen molar-refractivity contribution in [3.63, 3.8) is 0 Å². The summed E-state index contributed by atoms with van der Waals surface area (Å²) in [5.74, 6) is 12.6. The van der Waals surface area contributed by atoms with Crippen LogP contribution in [0, 0.1) is 35.5 Å². The molecule has 0 bridgehead atoms. The van der Waals surface area contributed by atoms with Crippen LogP contribution in [0.3, 0.4) is 0 Å². The number of halogens is 1. The summed E-state index contributed by atoms with van der Waals surface area (Å²) in [6.07, 6.45) is 5.30. The van der Waals surface area contributed by atoms with E-state index in [2.05, 4.69) is 54.3 Å². The van der Waals surface area contributed by atoms with Crippen molar-refractivity contribution < 1.29 is 28.7 Å². The average Bonchev–Trinajstić information content (AvgIpc) is 3.97. The lowest BCUT2D eigenvalue weighted by Crippen LogP contribution is -2.51. The van der Waals surface area contributed by atoms with Gasteiger partial charge in [-0.1, -0.05) is 45.7 Å². The van der Waals surface area contributed by atoms with Gasteiger partial charge in [-0.3, -0.25) is 9.59 Å². The van der Waals surface area contributed by atoms with Gasteiger partial charge >= 0.3 is 12.2 Å². The molecule has 2 aliphatic heterocycles. The molecule has 0 unspecified atom stereocenters. The molecule has 0 saturated carbocycles. The molecule has 2 aliphatic rings. The number of carbonyl (C=O) groups is 4. The molecule has 4 atom stereocenters. The molecule has 0 spiro atoms. The topological polar surface area (TPSA) is 175 Å². The molecular weight excluding hydrogens is 700 g/mol. The van der Waals surface area contributed by atoms with Gasteiger partial charge in [0.25, 0.3) is 0 Å². The second-order valence-corrected chi connectivity index (χ2v) is 13.5. The molecule has 4 heterocycles. The van der Waals surface area contributed by atoms with Crippen LogP contribution in [0.5, 0.6) is 0 Å². The maximum absolute atomic E-state index is 13.4. The maximum atomic E-state index is 13.4. The van der Waals surface area contributed by atoms with Gasteiger partial charge in [-0.05, 0) is 73.0 Å². The number of nitrogens with zero attached hydrogens (tertiary/aromatic N) is 4. The van der Waals surface area contributed by atoms with Crippen molar-refractivity contribution in [3.05, 3.63) is 59.6 Å². The molecule has 282 valence electrons. The number of alkyl carbamates (subject to hydrolysis) is 2. The highest BCUT2D eigenvalue weighted by molar-refractivity contribution is 5.87. The van der Waals surface area contributed by atoms with Gasteiger partial charge in [0.05, 0.1) is 44.4 Å². The molecule has 4 N–H and O–H groups in total. The fraction of sp³-hybridized carbons (Fsp3) is 0.474. The highest BCUT2D eigenvalue weighted by Gasteiger charge is 2.38. The van der Waals surface area contributed by atoms with E-state index in [0.717, 1.165) is 42.5 Å². The van der Waals surface area contributed by atoms with Crippen molar-refractivity contribution in [2.24, 2.45) is 11.8 Å². The molecule has 1 aromatic carbocycles. The van der Waals surface area contributed by atoms with Crippen LogP contribution in [-0.2, 0) is 19.1 Å². The predicted molar refractivity (Wildman–Crippen MR) is 199 cm³/mol. The number of benzene rings is 1. The van der Waals surface area contributed by atoms with Crippen LogP contribution >= 0.6 is 12.4 Å². The van der Waals surface area contributed by atoms with Gasteiger partial charge in [-0.15, -0.1) is 12.4 Å². The minimum absolute atomic E-state index is 0. The van der Waals surface area contributed by atoms with Crippen molar-refractivity contribution in [2.75, 3.05) is 27.3 Å². The zero-order valence-corrected chi connectivity index (χ0v) is 31.6. The monoisotopic (exact) mass is 746 g/mol. The van der Waals surface area contributed by atoms with E-state index in [4.69, 9.17) is 9.47 Å². The number of rotatable bonds is 9. The second-order valence-electron chi connectivity index (χ2n) is 13.5. The van der Waals surface area contributed by atoms with Gasteiger partial charge in [-0.25, -0.2) is 19.6 Å². The number of ether oxygens (including phenoxy) is 2. The van der Waals surface area contributed by atoms with Crippen LogP contribution in [0.25, 0.3) is 11.3 Å².